The molecule has 0 radical (unpaired) electrons. The van der Waals surface area contributed by atoms with E-state index in [1.165, 1.54) is 146 Å². The number of nitrogens with zero attached hydrogens (tertiary/aromatic N) is 4. The molecule has 0 fully saturated rings. The minimum atomic E-state index is -0.134. The summed E-state index contributed by atoms with van der Waals surface area (Å²) in [6.07, 6.45) is 0. The van der Waals surface area contributed by atoms with E-state index in [4.69, 9.17) is 0 Å². The van der Waals surface area contributed by atoms with Crippen LogP contribution in [0.15, 0.2) is 170 Å². The van der Waals surface area contributed by atoms with Gasteiger partial charge >= 0.3 is 0 Å². The van der Waals surface area contributed by atoms with Crippen LogP contribution in [0.1, 0.15) is 86.1 Å². The molecule has 0 spiro atoms. The van der Waals surface area contributed by atoms with Crippen LogP contribution >= 0.6 is 0 Å². The highest BCUT2D eigenvalue weighted by molar-refractivity contribution is 7.03. The molecule has 6 heteroatoms. The van der Waals surface area contributed by atoms with E-state index in [1.807, 2.05) is 0 Å². The molecule has 0 aliphatic carbocycles. The molecule has 0 saturated carbocycles. The Morgan fingerprint density at radius 2 is 0.581 bits per heavy atom. The quantitative estimate of drug-likeness (QED) is 0.163. The summed E-state index contributed by atoms with van der Waals surface area (Å²) >= 11 is 0. The number of hydrogen-bond acceptors (Lipinski definition) is 4. The van der Waals surface area contributed by atoms with E-state index in [9.17, 15) is 0 Å². The van der Waals surface area contributed by atoms with Gasteiger partial charge in [0.2, 0.25) is 0 Å². The summed E-state index contributed by atoms with van der Waals surface area (Å²) in [5.41, 5.74) is 32.7. The molecule has 0 amide bonds. The van der Waals surface area contributed by atoms with Gasteiger partial charge in [0.15, 0.2) is 0 Å². The standard InChI is InChI=1S/C68H64B2N4/c1-41-23-13-17-31-53(41)71-57-40-58-52(39-51(57)69-49-29-15-19-33-55(49)73(65-43(3)25-21-26-44(65)4)61-37-47(67(7,8)9)35-59(71)63(61)69)70-50-30-16-20-34-56(50)74(66-45(5)27-22-28-46(66)6)62-38-48(68(10,11)12)36-60(64(62)70)72(58)54-32-18-14-24-42(54)2/h13-40H,1-12H3. The van der Waals surface area contributed by atoms with E-state index in [1.54, 1.807) is 0 Å². The molecule has 9 aromatic rings. The summed E-state index contributed by atoms with van der Waals surface area (Å²) < 4.78 is 0. The van der Waals surface area contributed by atoms with Gasteiger partial charge in [-0.15, -0.1) is 0 Å². The Kier molecular flexibility index (Phi) is 10.2. The lowest BCUT2D eigenvalue weighted by atomic mass is 9.30. The van der Waals surface area contributed by atoms with Gasteiger partial charge in [0.25, 0.3) is 13.4 Å². The highest BCUT2D eigenvalue weighted by atomic mass is 15.2. The first-order valence-corrected chi connectivity index (χ1v) is 26.7. The number of hydrogen-bond donors (Lipinski definition) is 0. The van der Waals surface area contributed by atoms with Crippen LogP contribution in [0, 0.1) is 41.5 Å². The highest BCUT2D eigenvalue weighted by Crippen LogP contribution is 2.52. The molecule has 4 aliphatic rings. The molecule has 4 nitrogen and oxygen atoms in total. The number of aryl methyl sites for hydroxylation is 6. The van der Waals surface area contributed by atoms with Crippen molar-refractivity contribution in [2.75, 3.05) is 19.6 Å². The first-order valence-electron chi connectivity index (χ1n) is 26.7. The molecule has 0 N–H and O–H groups in total. The summed E-state index contributed by atoms with van der Waals surface area (Å²) in [6.45, 7) is 27.8. The van der Waals surface area contributed by atoms with Crippen molar-refractivity contribution in [3.05, 3.63) is 214 Å². The largest absolute Gasteiger partial charge is 0.311 e. The van der Waals surface area contributed by atoms with Gasteiger partial charge in [0.1, 0.15) is 0 Å². The molecule has 0 unspecified atom stereocenters. The minimum absolute atomic E-state index is 0.0487. The summed E-state index contributed by atoms with van der Waals surface area (Å²) in [6, 6.07) is 65.5. The zero-order valence-electron chi connectivity index (χ0n) is 45.1. The van der Waals surface area contributed by atoms with Gasteiger partial charge in [0, 0.05) is 56.9 Å². The van der Waals surface area contributed by atoms with Gasteiger partial charge in [-0.2, -0.15) is 0 Å². The fourth-order valence-electron chi connectivity index (χ4n) is 13.2. The van der Waals surface area contributed by atoms with Crippen molar-refractivity contribution in [1.29, 1.82) is 0 Å². The fraction of sp³-hybridized carbons (Fsp3) is 0.206. The predicted octanol–water partition coefficient (Wildman–Crippen LogP) is 14.3. The van der Waals surface area contributed by atoms with Crippen molar-refractivity contribution >= 4 is 114 Å². The maximum Gasteiger partial charge on any atom is 0.252 e. The molecule has 4 aliphatic heterocycles. The maximum atomic E-state index is 2.67. The van der Waals surface area contributed by atoms with E-state index in [-0.39, 0.29) is 24.3 Å². The number of fused-ring (bicyclic) bond motifs is 8. The molecule has 0 saturated heterocycles. The van der Waals surface area contributed by atoms with E-state index < -0.39 is 0 Å². The zero-order chi connectivity index (χ0) is 51.3. The second-order valence-electron chi connectivity index (χ2n) is 23.7. The third-order valence-corrected chi connectivity index (χ3v) is 16.8. The van der Waals surface area contributed by atoms with E-state index in [0.717, 1.165) is 0 Å². The fourth-order valence-corrected chi connectivity index (χ4v) is 13.2. The summed E-state index contributed by atoms with van der Waals surface area (Å²) in [7, 11) is 0. The predicted molar refractivity (Wildman–Crippen MR) is 320 cm³/mol. The molecule has 74 heavy (non-hydrogen) atoms. The average molecular weight is 959 g/mol. The summed E-state index contributed by atoms with van der Waals surface area (Å²) in [5, 5.41) is 0. The van der Waals surface area contributed by atoms with Crippen LogP contribution in [0.25, 0.3) is 0 Å². The minimum Gasteiger partial charge on any atom is -0.311 e. The van der Waals surface area contributed by atoms with E-state index >= 15 is 0 Å². The van der Waals surface area contributed by atoms with Crippen LogP contribution in [0.2, 0.25) is 0 Å². The van der Waals surface area contributed by atoms with Crippen LogP contribution in [-0.2, 0) is 10.8 Å². The molecule has 0 atom stereocenters. The first kappa shape index (κ1) is 46.1. The number of para-hydroxylation sites is 6. The van der Waals surface area contributed by atoms with Crippen LogP contribution in [0.5, 0.6) is 0 Å². The van der Waals surface area contributed by atoms with Crippen molar-refractivity contribution in [1.82, 2.24) is 0 Å². The third-order valence-electron chi connectivity index (χ3n) is 16.8. The third kappa shape index (κ3) is 6.69. The second-order valence-corrected chi connectivity index (χ2v) is 23.7. The van der Waals surface area contributed by atoms with Gasteiger partial charge < -0.3 is 19.6 Å². The second kappa shape index (κ2) is 16.4. The van der Waals surface area contributed by atoms with Gasteiger partial charge in [-0.3, -0.25) is 0 Å². The smallest absolute Gasteiger partial charge is 0.252 e. The van der Waals surface area contributed by atoms with Crippen LogP contribution in [0.3, 0.4) is 0 Å². The average Bonchev–Trinajstić information content (AvgIpc) is 3.42. The Labute approximate surface area is 440 Å². The van der Waals surface area contributed by atoms with Crippen molar-refractivity contribution in [2.24, 2.45) is 0 Å². The van der Waals surface area contributed by atoms with Crippen molar-refractivity contribution in [2.45, 2.75) is 93.9 Å². The molecule has 0 aromatic heterocycles. The molecular formula is C68H64B2N4. The topological polar surface area (TPSA) is 13.0 Å². The number of benzene rings is 9. The SMILES string of the molecule is Cc1ccccc1N1c2cc3c(cc2B2c4ccccc4N(c4c(C)cccc4C)c4cc(C(C)(C)C)cc1c42)B1c2ccccc2N(c2c(C)cccc2C)c2cc(C(C)(C)C)cc(c21)N3c1ccccc1C. The summed E-state index contributed by atoms with van der Waals surface area (Å²) in [4.78, 5) is 10.5. The number of rotatable bonds is 4. The van der Waals surface area contributed by atoms with E-state index in [0.29, 0.717) is 0 Å². The lowest BCUT2D eigenvalue weighted by Crippen LogP contribution is -2.65. The maximum absolute atomic E-state index is 2.67. The molecule has 9 aromatic carbocycles. The van der Waals surface area contributed by atoms with Crippen molar-refractivity contribution in [3.8, 4) is 0 Å². The van der Waals surface area contributed by atoms with Crippen molar-refractivity contribution < 1.29 is 0 Å². The first-order chi connectivity index (χ1) is 35.5. The van der Waals surface area contributed by atoms with Gasteiger partial charge in [0.05, 0.1) is 11.4 Å². The lowest BCUT2D eigenvalue weighted by Gasteiger charge is -2.48. The Morgan fingerprint density at radius 3 is 0.932 bits per heavy atom. The van der Waals surface area contributed by atoms with Gasteiger partial charge in [-0.05, 0) is 184 Å². The Balaban J connectivity index is 1.20. The van der Waals surface area contributed by atoms with Crippen LogP contribution in [-0.4, -0.2) is 13.4 Å². The molecule has 362 valence electrons. The lowest BCUT2D eigenvalue weighted by molar-refractivity contribution is 0.590. The van der Waals surface area contributed by atoms with Gasteiger partial charge in [-0.25, -0.2) is 0 Å². The molecular weight excluding hydrogens is 894 g/mol. The van der Waals surface area contributed by atoms with Gasteiger partial charge in [-0.1, -0.05) is 157 Å². The molecule has 0 bridgehead atoms. The summed E-state index contributed by atoms with van der Waals surface area (Å²) in [5.74, 6) is 0. The van der Waals surface area contributed by atoms with E-state index in [2.05, 4.69) is 273 Å². The highest BCUT2D eigenvalue weighted by Gasteiger charge is 2.49. The monoisotopic (exact) mass is 959 g/mol. The molecule has 4 heterocycles. The van der Waals surface area contributed by atoms with Crippen molar-refractivity contribution in [3.63, 3.8) is 0 Å². The molecule has 13 rings (SSSR count). The Morgan fingerprint density at radius 1 is 0.270 bits per heavy atom. The Hall–Kier alpha value is -7.69. The number of anilines is 12. The van der Waals surface area contributed by atoms with Crippen LogP contribution in [0.4, 0.5) is 68.2 Å². The van der Waals surface area contributed by atoms with Crippen LogP contribution < -0.4 is 52.4 Å². The zero-order valence-corrected chi connectivity index (χ0v) is 45.1. The Bertz CT molecular complexity index is 3550. The normalized spacial score (nSPS) is 14.1.